The third kappa shape index (κ3) is 3.67. The first-order chi connectivity index (χ1) is 17.0. The van der Waals surface area contributed by atoms with Gasteiger partial charge in [0.25, 0.3) is 0 Å². The summed E-state index contributed by atoms with van der Waals surface area (Å²) in [7, 11) is -3.10. The van der Waals surface area contributed by atoms with E-state index in [1.165, 1.54) is 0 Å². The lowest BCUT2D eigenvalue weighted by molar-refractivity contribution is 0.463. The van der Waals surface area contributed by atoms with Crippen molar-refractivity contribution >= 4 is 23.2 Å². The summed E-state index contributed by atoms with van der Waals surface area (Å²) in [6, 6.07) is 29.8. The summed E-state index contributed by atoms with van der Waals surface area (Å²) in [6.07, 6.45) is 3.53. The van der Waals surface area contributed by atoms with Gasteiger partial charge in [0, 0.05) is 29.1 Å². The van der Waals surface area contributed by atoms with Crippen LogP contribution in [0, 0.1) is 13.8 Å². The van der Waals surface area contributed by atoms with Crippen molar-refractivity contribution in [3.05, 3.63) is 115 Å². The van der Waals surface area contributed by atoms with Gasteiger partial charge in [-0.2, -0.15) is 0 Å². The van der Waals surface area contributed by atoms with E-state index in [0.29, 0.717) is 17.1 Å². The van der Waals surface area contributed by atoms with Crippen molar-refractivity contribution in [1.82, 2.24) is 9.97 Å². The standard InChI is InChI=1S/C30H23N2O2P/c1-20-14-15-31-30(16-20)35(33)27-9-4-3-8-25(27)26-12-11-23(18-28(26)35)22-6-5-7-24(17-22)34-29-13-10-21(2)19-32-29/h3-19H,1-2H3. The molecule has 3 heterocycles. The third-order valence-electron chi connectivity index (χ3n) is 6.37. The number of hydrogen-bond donors (Lipinski definition) is 0. The molecule has 3 aromatic carbocycles. The first-order valence-electron chi connectivity index (χ1n) is 11.5. The number of fused-ring (bicyclic) bond motifs is 3. The van der Waals surface area contributed by atoms with Crippen LogP contribution in [0.5, 0.6) is 11.6 Å². The molecule has 0 fully saturated rings. The Bertz CT molecular complexity index is 1630. The summed E-state index contributed by atoms with van der Waals surface area (Å²) >= 11 is 0. The number of nitrogens with zero attached hydrogens (tertiary/aromatic N) is 2. The molecule has 0 amide bonds. The Morgan fingerprint density at radius 3 is 2.34 bits per heavy atom. The molecule has 4 nitrogen and oxygen atoms in total. The summed E-state index contributed by atoms with van der Waals surface area (Å²) in [5, 5.41) is 1.69. The van der Waals surface area contributed by atoms with Crippen LogP contribution in [0.25, 0.3) is 22.3 Å². The molecule has 5 aromatic rings. The number of pyridine rings is 2. The number of hydrogen-bond acceptors (Lipinski definition) is 4. The second kappa shape index (κ2) is 8.33. The molecule has 2 aromatic heterocycles. The second-order valence-electron chi connectivity index (χ2n) is 8.85. The maximum atomic E-state index is 14.8. The molecular formula is C30H23N2O2P. The van der Waals surface area contributed by atoms with Gasteiger partial charge in [0.2, 0.25) is 5.88 Å². The van der Waals surface area contributed by atoms with Gasteiger partial charge in [-0.1, -0.05) is 54.6 Å². The van der Waals surface area contributed by atoms with E-state index in [4.69, 9.17) is 4.74 Å². The van der Waals surface area contributed by atoms with Crippen molar-refractivity contribution < 1.29 is 9.30 Å². The van der Waals surface area contributed by atoms with E-state index in [2.05, 4.69) is 28.2 Å². The molecule has 170 valence electrons. The Balaban J connectivity index is 1.46. The van der Waals surface area contributed by atoms with E-state index in [9.17, 15) is 4.57 Å². The van der Waals surface area contributed by atoms with Gasteiger partial charge in [-0.15, -0.1) is 0 Å². The molecule has 6 rings (SSSR count). The highest BCUT2D eigenvalue weighted by molar-refractivity contribution is 7.86. The summed E-state index contributed by atoms with van der Waals surface area (Å²) in [5.74, 6) is 1.25. The van der Waals surface area contributed by atoms with E-state index in [1.807, 2.05) is 86.6 Å². The number of ether oxygens (including phenoxy) is 1. The summed E-state index contributed by atoms with van der Waals surface area (Å²) in [4.78, 5) is 8.91. The van der Waals surface area contributed by atoms with Gasteiger partial charge in [0.1, 0.15) is 11.2 Å². The van der Waals surface area contributed by atoms with Crippen molar-refractivity contribution in [3.8, 4) is 33.9 Å². The first kappa shape index (κ1) is 21.5. The number of benzene rings is 3. The maximum absolute atomic E-state index is 14.8. The maximum Gasteiger partial charge on any atom is 0.219 e. The minimum atomic E-state index is -3.10. The van der Waals surface area contributed by atoms with E-state index in [0.717, 1.165) is 44.0 Å². The number of rotatable bonds is 4. The SMILES string of the molecule is Cc1ccc(Oc2cccc(-c3ccc4c(c3)P(=O)(c3cc(C)ccn3)c3ccccc3-4)c2)nc1. The molecule has 5 heteroatoms. The zero-order chi connectivity index (χ0) is 24.0. The highest BCUT2D eigenvalue weighted by atomic mass is 31.2. The Morgan fingerprint density at radius 2 is 1.51 bits per heavy atom. The molecule has 1 aliphatic rings. The zero-order valence-corrected chi connectivity index (χ0v) is 20.4. The molecule has 0 bridgehead atoms. The van der Waals surface area contributed by atoms with Crippen LogP contribution in [0.1, 0.15) is 11.1 Å². The van der Waals surface area contributed by atoms with Crippen LogP contribution in [-0.2, 0) is 4.57 Å². The van der Waals surface area contributed by atoms with E-state index < -0.39 is 7.14 Å². The molecule has 0 aliphatic carbocycles. The fourth-order valence-electron chi connectivity index (χ4n) is 4.62. The fraction of sp³-hybridized carbons (Fsp3) is 0.0667. The Hall–Kier alpha value is -4.01. The fourth-order valence-corrected chi connectivity index (χ4v) is 7.67. The van der Waals surface area contributed by atoms with Crippen molar-refractivity contribution in [2.75, 3.05) is 0 Å². The molecule has 35 heavy (non-hydrogen) atoms. The third-order valence-corrected chi connectivity index (χ3v) is 9.37. The van der Waals surface area contributed by atoms with Gasteiger partial charge in [-0.05, 0) is 77.6 Å². The normalized spacial score (nSPS) is 15.9. The monoisotopic (exact) mass is 474 g/mol. The van der Waals surface area contributed by atoms with Crippen LogP contribution in [0.3, 0.4) is 0 Å². The smallest absolute Gasteiger partial charge is 0.219 e. The van der Waals surface area contributed by atoms with Gasteiger partial charge in [0.15, 0.2) is 7.14 Å². The molecule has 0 spiro atoms. The van der Waals surface area contributed by atoms with Gasteiger partial charge in [-0.25, -0.2) is 4.98 Å². The topological polar surface area (TPSA) is 52.1 Å². The summed E-state index contributed by atoms with van der Waals surface area (Å²) in [5.41, 5.74) is 6.74. The minimum absolute atomic E-state index is 0.548. The van der Waals surface area contributed by atoms with Crippen molar-refractivity contribution in [3.63, 3.8) is 0 Å². The van der Waals surface area contributed by atoms with E-state index in [-0.39, 0.29) is 0 Å². The first-order valence-corrected chi connectivity index (χ1v) is 13.2. The predicted octanol–water partition coefficient (Wildman–Crippen LogP) is 6.17. The molecule has 1 aliphatic heterocycles. The lowest BCUT2D eigenvalue weighted by Crippen LogP contribution is -2.23. The second-order valence-corrected chi connectivity index (χ2v) is 11.5. The summed E-state index contributed by atoms with van der Waals surface area (Å²) < 4.78 is 20.8. The van der Waals surface area contributed by atoms with Gasteiger partial charge >= 0.3 is 0 Å². The highest BCUT2D eigenvalue weighted by Crippen LogP contribution is 2.52. The van der Waals surface area contributed by atoms with Gasteiger partial charge < -0.3 is 9.30 Å². The quantitative estimate of drug-likeness (QED) is 0.287. The highest BCUT2D eigenvalue weighted by Gasteiger charge is 2.41. The molecular weight excluding hydrogens is 451 g/mol. The molecule has 1 atom stereocenters. The van der Waals surface area contributed by atoms with Crippen molar-refractivity contribution in [1.29, 1.82) is 0 Å². The average molecular weight is 475 g/mol. The lowest BCUT2D eigenvalue weighted by atomic mass is 10.0. The molecule has 0 saturated carbocycles. The number of aromatic nitrogens is 2. The lowest BCUT2D eigenvalue weighted by Gasteiger charge is -2.16. The predicted molar refractivity (Wildman–Crippen MR) is 142 cm³/mol. The largest absolute Gasteiger partial charge is 0.439 e. The Labute approximate surface area is 204 Å². The Morgan fingerprint density at radius 1 is 0.686 bits per heavy atom. The average Bonchev–Trinajstić information content (AvgIpc) is 3.15. The van der Waals surface area contributed by atoms with E-state index in [1.54, 1.807) is 12.4 Å². The van der Waals surface area contributed by atoms with Crippen LogP contribution in [-0.4, -0.2) is 9.97 Å². The van der Waals surface area contributed by atoms with Crippen LogP contribution in [0.2, 0.25) is 0 Å². The van der Waals surface area contributed by atoms with Crippen molar-refractivity contribution in [2.45, 2.75) is 13.8 Å². The van der Waals surface area contributed by atoms with Crippen LogP contribution in [0.15, 0.2) is 103 Å². The zero-order valence-electron chi connectivity index (χ0n) is 19.5. The van der Waals surface area contributed by atoms with Gasteiger partial charge in [-0.3, -0.25) is 4.98 Å². The van der Waals surface area contributed by atoms with Gasteiger partial charge in [0.05, 0.1) is 0 Å². The molecule has 0 N–H and O–H groups in total. The van der Waals surface area contributed by atoms with Crippen LogP contribution in [0.4, 0.5) is 0 Å². The molecule has 1 unspecified atom stereocenters. The molecule has 0 radical (unpaired) electrons. The Kier molecular flexibility index (Phi) is 5.12. The molecule has 0 saturated heterocycles. The van der Waals surface area contributed by atoms with E-state index >= 15 is 0 Å². The van der Waals surface area contributed by atoms with Crippen LogP contribution >= 0.6 is 7.14 Å². The number of aryl methyl sites for hydroxylation is 2. The summed E-state index contributed by atoms with van der Waals surface area (Å²) in [6.45, 7) is 4.00. The minimum Gasteiger partial charge on any atom is -0.439 e. The van der Waals surface area contributed by atoms with Crippen molar-refractivity contribution in [2.24, 2.45) is 0 Å². The van der Waals surface area contributed by atoms with Crippen LogP contribution < -0.4 is 20.8 Å².